The number of nitrogens with one attached hydrogen (secondary N) is 2. The summed E-state index contributed by atoms with van der Waals surface area (Å²) in [7, 11) is 2.18. The number of H-pyrrole nitrogens is 1. The molecule has 8 heteroatoms. The fourth-order valence-electron chi connectivity index (χ4n) is 5.66. The van der Waals surface area contributed by atoms with Gasteiger partial charge < -0.3 is 15.2 Å². The van der Waals surface area contributed by atoms with Crippen molar-refractivity contribution in [2.45, 2.75) is 44.9 Å². The first-order valence-corrected chi connectivity index (χ1v) is 12.9. The molecule has 0 radical (unpaired) electrons. The Morgan fingerprint density at radius 2 is 1.97 bits per heavy atom. The Labute approximate surface area is 205 Å². The summed E-state index contributed by atoms with van der Waals surface area (Å²) in [5.41, 5.74) is 4.46. The Bertz CT molecular complexity index is 1340. The van der Waals surface area contributed by atoms with E-state index in [2.05, 4.69) is 38.4 Å². The first kappa shape index (κ1) is 22.2. The molecule has 0 spiro atoms. The van der Waals surface area contributed by atoms with Crippen molar-refractivity contribution < 1.29 is 4.79 Å². The van der Waals surface area contributed by atoms with Gasteiger partial charge in [-0.25, -0.2) is 9.50 Å². The number of pyridine rings is 1. The monoisotopic (exact) mass is 471 g/mol. The van der Waals surface area contributed by atoms with E-state index in [4.69, 9.17) is 4.98 Å². The normalized spacial score (nSPS) is 18.4. The summed E-state index contributed by atoms with van der Waals surface area (Å²) in [6.07, 6.45) is 15.5. The molecule has 0 aromatic carbocycles. The minimum absolute atomic E-state index is 0.127. The summed E-state index contributed by atoms with van der Waals surface area (Å²) in [6.45, 7) is 3.21. The van der Waals surface area contributed by atoms with Crippen molar-refractivity contribution in [3.63, 3.8) is 0 Å². The number of anilines is 1. The van der Waals surface area contributed by atoms with Gasteiger partial charge in [0.05, 0.1) is 17.3 Å². The number of hydrogen-bond donors (Lipinski definition) is 2. The molecule has 1 saturated carbocycles. The van der Waals surface area contributed by atoms with Gasteiger partial charge in [-0.1, -0.05) is 19.3 Å². The van der Waals surface area contributed by atoms with Crippen molar-refractivity contribution in [3.8, 4) is 11.1 Å². The predicted molar refractivity (Wildman–Crippen MR) is 138 cm³/mol. The van der Waals surface area contributed by atoms with Gasteiger partial charge in [0.25, 0.3) is 0 Å². The molecule has 182 valence electrons. The number of carbonyl (C=O) groups excluding carboxylic acids is 1. The summed E-state index contributed by atoms with van der Waals surface area (Å²) >= 11 is 0. The standard InChI is InChI=1S/C27H33N7O/c1-33-10-7-18(8-11-33)14-29-27-30-16-22-21(15-28-26(22)32-27)20-9-12-34-24(13-20)23(17-31-34)25(35)19-5-3-2-4-6-19/h9,12-13,15-19H,2-8,10-11,14H2,1H3,(H2,28,29,30,32). The first-order chi connectivity index (χ1) is 17.2. The Hall–Kier alpha value is -3.26. The summed E-state index contributed by atoms with van der Waals surface area (Å²) in [5.74, 6) is 1.69. The van der Waals surface area contributed by atoms with E-state index in [0.717, 1.165) is 78.6 Å². The molecule has 1 aliphatic carbocycles. The van der Waals surface area contributed by atoms with Crippen molar-refractivity contribution in [2.24, 2.45) is 11.8 Å². The lowest BCUT2D eigenvalue weighted by molar-refractivity contribution is 0.0891. The molecule has 2 fully saturated rings. The second kappa shape index (κ2) is 9.41. The van der Waals surface area contributed by atoms with Gasteiger partial charge in [-0.2, -0.15) is 10.1 Å². The maximum absolute atomic E-state index is 13.2. The van der Waals surface area contributed by atoms with Crippen LogP contribution in [-0.2, 0) is 0 Å². The number of rotatable bonds is 6. The molecule has 1 aliphatic heterocycles. The van der Waals surface area contributed by atoms with Gasteiger partial charge in [-0.05, 0) is 69.4 Å². The fourth-order valence-corrected chi connectivity index (χ4v) is 5.66. The third-order valence-electron chi connectivity index (χ3n) is 7.89. The number of piperidine rings is 1. The zero-order valence-electron chi connectivity index (χ0n) is 20.3. The molecule has 0 bridgehead atoms. The Kier molecular flexibility index (Phi) is 5.98. The summed E-state index contributed by atoms with van der Waals surface area (Å²) in [6, 6.07) is 4.10. The lowest BCUT2D eigenvalue weighted by atomic mass is 9.84. The van der Waals surface area contributed by atoms with Crippen LogP contribution in [0.1, 0.15) is 55.3 Å². The van der Waals surface area contributed by atoms with Gasteiger partial charge in [0.2, 0.25) is 5.95 Å². The molecule has 4 aromatic heterocycles. The SMILES string of the molecule is CN1CCC(CNc2ncc3c(-c4ccn5ncc(C(=O)C6CCCCC6)c5c4)c[nH]c3n2)CC1. The van der Waals surface area contributed by atoms with Gasteiger partial charge in [0, 0.05) is 42.0 Å². The van der Waals surface area contributed by atoms with Crippen LogP contribution >= 0.6 is 0 Å². The number of hydrogen-bond acceptors (Lipinski definition) is 6. The van der Waals surface area contributed by atoms with E-state index < -0.39 is 0 Å². The maximum Gasteiger partial charge on any atom is 0.224 e. The smallest absolute Gasteiger partial charge is 0.224 e. The zero-order chi connectivity index (χ0) is 23.8. The second-order valence-corrected chi connectivity index (χ2v) is 10.3. The van der Waals surface area contributed by atoms with Crippen molar-refractivity contribution in [1.82, 2.24) is 29.5 Å². The lowest BCUT2D eigenvalue weighted by Gasteiger charge is -2.28. The number of aromatic amines is 1. The number of Topliss-reactive ketones (excluding diaryl/α,β-unsaturated/α-hetero) is 1. The van der Waals surface area contributed by atoms with E-state index in [1.807, 2.05) is 24.7 Å². The first-order valence-electron chi connectivity index (χ1n) is 12.9. The van der Waals surface area contributed by atoms with Crippen molar-refractivity contribution in [1.29, 1.82) is 0 Å². The zero-order valence-corrected chi connectivity index (χ0v) is 20.3. The molecule has 8 nitrogen and oxygen atoms in total. The van der Waals surface area contributed by atoms with E-state index in [1.54, 1.807) is 10.7 Å². The minimum Gasteiger partial charge on any atom is -0.354 e. The summed E-state index contributed by atoms with van der Waals surface area (Å²) in [4.78, 5) is 28.2. The van der Waals surface area contributed by atoms with Crippen LogP contribution in [-0.4, -0.2) is 61.9 Å². The number of aromatic nitrogens is 5. The third kappa shape index (κ3) is 4.43. The van der Waals surface area contributed by atoms with E-state index in [9.17, 15) is 4.79 Å². The van der Waals surface area contributed by atoms with Gasteiger partial charge in [-0.3, -0.25) is 4.79 Å². The average Bonchev–Trinajstić information content (AvgIpc) is 3.52. The quantitative estimate of drug-likeness (QED) is 0.393. The topological polar surface area (TPSA) is 91.2 Å². The highest BCUT2D eigenvalue weighted by atomic mass is 16.1. The van der Waals surface area contributed by atoms with Crippen LogP contribution in [0.25, 0.3) is 27.7 Å². The number of fused-ring (bicyclic) bond motifs is 2. The molecule has 2 aliphatic rings. The molecule has 4 aromatic rings. The molecule has 35 heavy (non-hydrogen) atoms. The van der Waals surface area contributed by atoms with Crippen molar-refractivity contribution in [2.75, 3.05) is 32.0 Å². The minimum atomic E-state index is 0.127. The van der Waals surface area contributed by atoms with Crippen LogP contribution in [0.4, 0.5) is 5.95 Å². The number of likely N-dealkylation sites (tertiary alicyclic amines) is 1. The fraction of sp³-hybridized carbons (Fsp3) is 0.481. The van der Waals surface area contributed by atoms with Crippen molar-refractivity contribution >= 4 is 28.3 Å². The Morgan fingerprint density at radius 1 is 1.14 bits per heavy atom. The van der Waals surface area contributed by atoms with E-state index in [1.165, 1.54) is 19.3 Å². The molecular formula is C27H33N7O. The molecular weight excluding hydrogens is 438 g/mol. The van der Waals surface area contributed by atoms with E-state index in [0.29, 0.717) is 11.9 Å². The van der Waals surface area contributed by atoms with Crippen molar-refractivity contribution in [3.05, 3.63) is 42.5 Å². The largest absolute Gasteiger partial charge is 0.354 e. The number of ketones is 1. The van der Waals surface area contributed by atoms with Crippen LogP contribution in [0.2, 0.25) is 0 Å². The van der Waals surface area contributed by atoms with Crippen LogP contribution in [0.3, 0.4) is 0 Å². The number of carbonyl (C=O) groups is 1. The van der Waals surface area contributed by atoms with Crippen LogP contribution in [0, 0.1) is 11.8 Å². The van der Waals surface area contributed by atoms with Gasteiger partial charge >= 0.3 is 0 Å². The summed E-state index contributed by atoms with van der Waals surface area (Å²) in [5, 5.41) is 8.85. The molecule has 5 heterocycles. The molecule has 1 saturated heterocycles. The Morgan fingerprint density at radius 3 is 2.80 bits per heavy atom. The van der Waals surface area contributed by atoms with E-state index in [-0.39, 0.29) is 11.7 Å². The molecule has 0 atom stereocenters. The predicted octanol–water partition coefficient (Wildman–Crippen LogP) is 4.79. The highest BCUT2D eigenvalue weighted by Crippen LogP contribution is 2.32. The molecule has 2 N–H and O–H groups in total. The molecule has 0 amide bonds. The number of nitrogens with zero attached hydrogens (tertiary/aromatic N) is 5. The van der Waals surface area contributed by atoms with Crippen LogP contribution in [0.5, 0.6) is 0 Å². The van der Waals surface area contributed by atoms with Gasteiger partial charge in [0.15, 0.2) is 5.78 Å². The lowest BCUT2D eigenvalue weighted by Crippen LogP contribution is -2.33. The van der Waals surface area contributed by atoms with Crippen LogP contribution < -0.4 is 5.32 Å². The van der Waals surface area contributed by atoms with Gasteiger partial charge in [0.1, 0.15) is 5.65 Å². The molecule has 0 unspecified atom stereocenters. The highest BCUT2D eigenvalue weighted by Gasteiger charge is 2.25. The Balaban J connectivity index is 1.24. The third-order valence-corrected chi connectivity index (χ3v) is 7.89. The summed E-state index contributed by atoms with van der Waals surface area (Å²) < 4.78 is 1.80. The van der Waals surface area contributed by atoms with Gasteiger partial charge in [-0.15, -0.1) is 0 Å². The second-order valence-electron chi connectivity index (χ2n) is 10.3. The van der Waals surface area contributed by atoms with Crippen LogP contribution in [0.15, 0.2) is 36.9 Å². The average molecular weight is 472 g/mol. The molecule has 6 rings (SSSR count). The highest BCUT2D eigenvalue weighted by molar-refractivity contribution is 6.04. The maximum atomic E-state index is 13.2. The van der Waals surface area contributed by atoms with E-state index >= 15 is 0 Å².